The Morgan fingerprint density at radius 3 is 2.12 bits per heavy atom. The van der Waals surface area contributed by atoms with E-state index in [-0.39, 0.29) is 17.4 Å². The van der Waals surface area contributed by atoms with Crippen molar-refractivity contribution in [1.82, 2.24) is 0 Å². The highest BCUT2D eigenvalue weighted by Crippen LogP contribution is 2.46. The molecule has 0 fully saturated rings. The molecule has 0 aliphatic heterocycles. The maximum Gasteiger partial charge on any atom is 0.438 e. The number of aromatic hydroxyl groups is 1. The van der Waals surface area contributed by atoms with Crippen LogP contribution in [-0.4, -0.2) is 47.8 Å². The maximum atomic E-state index is 12.9. The molecule has 0 aromatic heterocycles. The van der Waals surface area contributed by atoms with Gasteiger partial charge in [0.2, 0.25) is 0 Å². The lowest BCUT2D eigenvalue weighted by molar-refractivity contribution is -0.360. The lowest BCUT2D eigenvalue weighted by Crippen LogP contribution is -2.63. The number of rotatable bonds is 5. The van der Waals surface area contributed by atoms with Crippen molar-refractivity contribution < 1.29 is 54.0 Å². The number of benzene rings is 1. The minimum atomic E-state index is -6.43. The number of hydrogen-bond donors (Lipinski definition) is 1. The molecule has 0 heterocycles. The molecule has 0 saturated carbocycles. The first kappa shape index (κ1) is 21.8. The van der Waals surface area contributed by atoms with Crippen molar-refractivity contribution in [2.24, 2.45) is 0 Å². The van der Waals surface area contributed by atoms with E-state index >= 15 is 0 Å². The largest absolute Gasteiger partial charge is 0.748 e. The van der Waals surface area contributed by atoms with Gasteiger partial charge in [-0.3, -0.25) is 0 Å². The van der Waals surface area contributed by atoms with Crippen LogP contribution in [0.3, 0.4) is 0 Å². The standard InChI is InChI=1S/C13H10F6O6S/c14-12(15,16)11(13(17,18)19,7-26(22,23)24)25-10(21)5-4-8-2-1-3-9(20)6-8/h1-6,20H,7H2,(H,22,23,24)/p-1/b5-4+. The molecule has 1 rings (SSSR count). The van der Waals surface area contributed by atoms with Crippen LogP contribution in [0.4, 0.5) is 26.3 Å². The summed E-state index contributed by atoms with van der Waals surface area (Å²) in [5.41, 5.74) is -5.51. The Bertz CT molecular complexity index is 782. The fourth-order valence-corrected chi connectivity index (χ4v) is 2.60. The number of alkyl halides is 6. The fraction of sp³-hybridized carbons (Fsp3) is 0.308. The molecule has 1 aromatic rings. The van der Waals surface area contributed by atoms with E-state index in [0.29, 0.717) is 6.08 Å². The Balaban J connectivity index is 3.25. The molecule has 0 bridgehead atoms. The summed E-state index contributed by atoms with van der Waals surface area (Å²) < 4.78 is 113. The number of phenolic OH excluding ortho intramolecular Hbond substituents is 1. The molecular weight excluding hydrogens is 398 g/mol. The van der Waals surface area contributed by atoms with Gasteiger partial charge in [0.1, 0.15) is 5.75 Å². The summed E-state index contributed by atoms with van der Waals surface area (Å²) in [6, 6.07) is 4.73. The molecule has 0 aliphatic carbocycles. The third-order valence-electron chi connectivity index (χ3n) is 2.85. The minimum Gasteiger partial charge on any atom is -0.748 e. The topological polar surface area (TPSA) is 104 Å². The van der Waals surface area contributed by atoms with Gasteiger partial charge in [-0.15, -0.1) is 0 Å². The highest BCUT2D eigenvalue weighted by atomic mass is 32.2. The van der Waals surface area contributed by atoms with Crippen molar-refractivity contribution in [3.05, 3.63) is 35.9 Å². The lowest BCUT2D eigenvalue weighted by Gasteiger charge is -2.36. The Labute approximate surface area is 142 Å². The number of carbonyl (C=O) groups is 1. The van der Waals surface area contributed by atoms with Crippen LogP contribution < -0.4 is 0 Å². The molecule has 6 nitrogen and oxygen atoms in total. The second kappa shape index (κ2) is 7.15. The molecule has 26 heavy (non-hydrogen) atoms. The number of halogens is 6. The fourth-order valence-electron chi connectivity index (χ4n) is 1.72. The zero-order valence-corrected chi connectivity index (χ0v) is 13.2. The van der Waals surface area contributed by atoms with Crippen LogP contribution >= 0.6 is 0 Å². The summed E-state index contributed by atoms with van der Waals surface area (Å²) in [6.45, 7) is 0. The first-order valence-electron chi connectivity index (χ1n) is 6.34. The van der Waals surface area contributed by atoms with E-state index < -0.39 is 39.8 Å². The molecule has 0 saturated heterocycles. The predicted molar refractivity (Wildman–Crippen MR) is 72.6 cm³/mol. The van der Waals surface area contributed by atoms with Gasteiger partial charge >= 0.3 is 23.9 Å². The molecule has 0 radical (unpaired) electrons. The van der Waals surface area contributed by atoms with Crippen molar-refractivity contribution in [2.75, 3.05) is 5.75 Å². The van der Waals surface area contributed by atoms with Gasteiger partial charge in [-0.05, 0) is 23.8 Å². The predicted octanol–water partition coefficient (Wildman–Crippen LogP) is 2.36. The van der Waals surface area contributed by atoms with Crippen molar-refractivity contribution in [3.63, 3.8) is 0 Å². The van der Waals surface area contributed by atoms with Crippen molar-refractivity contribution >= 4 is 22.2 Å². The van der Waals surface area contributed by atoms with Gasteiger partial charge in [0.05, 0.1) is 15.9 Å². The molecule has 13 heteroatoms. The number of carbonyl (C=O) groups excluding carboxylic acids is 1. The average Bonchev–Trinajstić information content (AvgIpc) is 2.40. The molecule has 1 N–H and O–H groups in total. The molecule has 0 spiro atoms. The summed E-state index contributed by atoms with van der Waals surface area (Å²) in [7, 11) is -6.09. The highest BCUT2D eigenvalue weighted by molar-refractivity contribution is 7.85. The zero-order chi connectivity index (χ0) is 20.4. The number of phenols is 1. The third kappa shape index (κ3) is 5.36. The maximum absolute atomic E-state index is 12.9. The molecule has 0 unspecified atom stereocenters. The van der Waals surface area contributed by atoms with Gasteiger partial charge in [0.15, 0.2) is 0 Å². The van der Waals surface area contributed by atoms with E-state index in [1.165, 1.54) is 18.2 Å². The molecular formula is C13H9F6O6S-. The number of ether oxygens (including phenoxy) is 1. The summed E-state index contributed by atoms with van der Waals surface area (Å²) >= 11 is 0. The second-order valence-corrected chi connectivity index (χ2v) is 6.28. The van der Waals surface area contributed by atoms with Gasteiger partial charge in [-0.2, -0.15) is 26.3 Å². The number of hydrogen-bond acceptors (Lipinski definition) is 6. The quantitative estimate of drug-likeness (QED) is 0.348. The van der Waals surface area contributed by atoms with Gasteiger partial charge in [0, 0.05) is 6.08 Å². The minimum absolute atomic E-state index is 0.0167. The van der Waals surface area contributed by atoms with E-state index in [1.54, 1.807) is 0 Å². The van der Waals surface area contributed by atoms with Crippen LogP contribution in [0.2, 0.25) is 0 Å². The highest BCUT2D eigenvalue weighted by Gasteiger charge is 2.75. The van der Waals surface area contributed by atoms with Crippen molar-refractivity contribution in [2.45, 2.75) is 18.0 Å². The zero-order valence-electron chi connectivity index (χ0n) is 12.3. The Morgan fingerprint density at radius 2 is 1.69 bits per heavy atom. The smallest absolute Gasteiger partial charge is 0.438 e. The first-order chi connectivity index (χ1) is 11.6. The third-order valence-corrected chi connectivity index (χ3v) is 3.61. The second-order valence-electron chi connectivity index (χ2n) is 4.87. The van der Waals surface area contributed by atoms with Crippen molar-refractivity contribution in [1.29, 1.82) is 0 Å². The van der Waals surface area contributed by atoms with E-state index in [2.05, 4.69) is 4.74 Å². The Hall–Kier alpha value is -2.28. The van der Waals surface area contributed by atoms with Gasteiger partial charge in [-0.25, -0.2) is 13.2 Å². The molecule has 0 aliphatic rings. The van der Waals surface area contributed by atoms with Gasteiger partial charge < -0.3 is 14.4 Å². The Morgan fingerprint density at radius 1 is 1.15 bits per heavy atom. The van der Waals surface area contributed by atoms with Crippen LogP contribution in [0.25, 0.3) is 6.08 Å². The van der Waals surface area contributed by atoms with Crippen LogP contribution in [0, 0.1) is 0 Å². The lowest BCUT2D eigenvalue weighted by atomic mass is 10.1. The van der Waals surface area contributed by atoms with Gasteiger partial charge in [0.25, 0.3) is 0 Å². The molecule has 0 atom stereocenters. The summed E-state index contributed by atoms with van der Waals surface area (Å²) in [6.07, 6.45) is -12.0. The van der Waals surface area contributed by atoms with E-state index in [0.717, 1.165) is 6.07 Å². The van der Waals surface area contributed by atoms with E-state index in [4.69, 9.17) is 5.11 Å². The normalized spacial score (nSPS) is 13.8. The molecule has 146 valence electrons. The van der Waals surface area contributed by atoms with E-state index in [9.17, 15) is 44.1 Å². The summed E-state index contributed by atoms with van der Waals surface area (Å²) in [5, 5.41) is 9.16. The SMILES string of the molecule is O=C(/C=C/c1cccc(O)c1)OC(CS(=O)(=O)[O-])(C(F)(F)F)C(F)(F)F. The molecule has 1 aromatic carbocycles. The summed E-state index contributed by atoms with van der Waals surface area (Å²) in [5.74, 6) is -5.58. The summed E-state index contributed by atoms with van der Waals surface area (Å²) in [4.78, 5) is 11.4. The monoisotopic (exact) mass is 407 g/mol. The first-order valence-corrected chi connectivity index (χ1v) is 7.92. The average molecular weight is 407 g/mol. The van der Waals surface area contributed by atoms with Crippen LogP contribution in [0.1, 0.15) is 5.56 Å². The van der Waals surface area contributed by atoms with Crippen LogP contribution in [-0.2, 0) is 19.6 Å². The van der Waals surface area contributed by atoms with Crippen molar-refractivity contribution in [3.8, 4) is 5.75 Å². The van der Waals surface area contributed by atoms with Gasteiger partial charge in [-0.1, -0.05) is 12.1 Å². The Kier molecular flexibility index (Phi) is 5.98. The van der Waals surface area contributed by atoms with Crippen LogP contribution in [0.5, 0.6) is 5.75 Å². The number of esters is 1. The van der Waals surface area contributed by atoms with E-state index in [1.807, 2.05) is 0 Å². The van der Waals surface area contributed by atoms with Crippen LogP contribution in [0.15, 0.2) is 30.3 Å². The molecule has 0 amide bonds.